The molecule has 6 heteroatoms. The Balaban J connectivity index is 1.85. The number of anilines is 1. The number of non-ortho nitro benzene ring substituents is 1. The lowest BCUT2D eigenvalue weighted by molar-refractivity contribution is -0.384. The smallest absolute Gasteiger partial charge is 0.270 e. The van der Waals surface area contributed by atoms with Crippen molar-refractivity contribution in [3.8, 4) is 0 Å². The largest absolute Gasteiger partial charge is 0.322 e. The number of nitrogens with zero attached hydrogens (tertiary/aromatic N) is 1. The molecule has 0 atom stereocenters. The molecule has 2 aromatic rings. The van der Waals surface area contributed by atoms with E-state index in [4.69, 9.17) is 0 Å². The van der Waals surface area contributed by atoms with Crippen molar-refractivity contribution in [2.45, 2.75) is 19.3 Å². The maximum Gasteiger partial charge on any atom is 0.270 e. The van der Waals surface area contributed by atoms with Crippen molar-refractivity contribution in [1.82, 2.24) is 0 Å². The molecule has 22 heavy (non-hydrogen) atoms. The summed E-state index contributed by atoms with van der Waals surface area (Å²) in [7, 11) is 0. The van der Waals surface area contributed by atoms with Crippen molar-refractivity contribution >= 4 is 39.9 Å². The van der Waals surface area contributed by atoms with E-state index >= 15 is 0 Å². The maximum absolute atomic E-state index is 12.4. The van der Waals surface area contributed by atoms with Crippen LogP contribution in [-0.4, -0.2) is 10.8 Å². The Hall–Kier alpha value is -1.96. The predicted molar refractivity (Wildman–Crippen MR) is 92.2 cm³/mol. The van der Waals surface area contributed by atoms with Gasteiger partial charge in [0.25, 0.3) is 11.6 Å². The summed E-state index contributed by atoms with van der Waals surface area (Å²) in [5.74, 6) is -0.328. The Morgan fingerprint density at radius 3 is 2.68 bits per heavy atom. The number of nitro groups is 1. The van der Waals surface area contributed by atoms with Gasteiger partial charge in [-0.15, -0.1) is 0 Å². The van der Waals surface area contributed by atoms with Gasteiger partial charge in [-0.2, -0.15) is 0 Å². The number of fused-ring (bicyclic) bond motifs is 1. The SMILES string of the molecule is O=C(Nc1ccc2c(c1)CCC2)c1cc([N+](=O)[O-])ccc1I. The minimum Gasteiger partial charge on any atom is -0.322 e. The first-order valence-corrected chi connectivity index (χ1v) is 7.99. The van der Waals surface area contributed by atoms with Gasteiger partial charge >= 0.3 is 0 Å². The first-order chi connectivity index (χ1) is 10.5. The molecule has 0 radical (unpaired) electrons. The number of halogens is 1. The molecule has 0 spiro atoms. The van der Waals surface area contributed by atoms with Gasteiger partial charge in [-0.05, 0) is 71.2 Å². The Kier molecular flexibility index (Phi) is 4.10. The molecule has 0 fully saturated rings. The van der Waals surface area contributed by atoms with Crippen LogP contribution in [0.15, 0.2) is 36.4 Å². The van der Waals surface area contributed by atoms with Crippen LogP contribution in [0.3, 0.4) is 0 Å². The lowest BCUT2D eigenvalue weighted by Crippen LogP contribution is -2.14. The lowest BCUT2D eigenvalue weighted by Gasteiger charge is -2.09. The topological polar surface area (TPSA) is 72.2 Å². The first-order valence-electron chi connectivity index (χ1n) is 6.92. The van der Waals surface area contributed by atoms with Crippen LogP contribution >= 0.6 is 22.6 Å². The maximum atomic E-state index is 12.4. The van der Waals surface area contributed by atoms with Crippen molar-refractivity contribution in [1.29, 1.82) is 0 Å². The quantitative estimate of drug-likeness (QED) is 0.475. The van der Waals surface area contributed by atoms with E-state index in [1.54, 1.807) is 6.07 Å². The lowest BCUT2D eigenvalue weighted by atomic mass is 10.1. The molecular formula is C16H13IN2O3. The van der Waals surface area contributed by atoms with Crippen molar-refractivity contribution in [3.63, 3.8) is 0 Å². The number of carbonyl (C=O) groups is 1. The van der Waals surface area contributed by atoms with Crippen LogP contribution < -0.4 is 5.32 Å². The van der Waals surface area contributed by atoms with Gasteiger partial charge in [0.15, 0.2) is 0 Å². The minimum absolute atomic E-state index is 0.0838. The third kappa shape index (κ3) is 2.96. The highest BCUT2D eigenvalue weighted by atomic mass is 127. The average Bonchev–Trinajstić information content (AvgIpc) is 2.94. The normalized spacial score (nSPS) is 12.8. The molecule has 0 bridgehead atoms. The zero-order chi connectivity index (χ0) is 15.7. The molecule has 1 aliphatic carbocycles. The monoisotopic (exact) mass is 408 g/mol. The molecule has 1 aliphatic rings. The standard InChI is InChI=1S/C16H13IN2O3/c17-15-7-6-13(19(21)22)9-14(15)16(20)18-12-5-4-10-2-1-3-11(10)8-12/h4-9H,1-3H2,(H,18,20). The molecule has 1 amide bonds. The number of carbonyl (C=O) groups excluding carboxylic acids is 1. The van der Waals surface area contributed by atoms with Gasteiger partial charge in [0.05, 0.1) is 10.5 Å². The minimum atomic E-state index is -0.498. The van der Waals surface area contributed by atoms with Crippen LogP contribution in [0, 0.1) is 13.7 Å². The van der Waals surface area contributed by atoms with Crippen molar-refractivity contribution < 1.29 is 9.72 Å². The first kappa shape index (κ1) is 15.0. The predicted octanol–water partition coefficient (Wildman–Crippen LogP) is 3.94. The van der Waals surface area contributed by atoms with Gasteiger partial charge in [0.2, 0.25) is 0 Å². The second-order valence-corrected chi connectivity index (χ2v) is 6.37. The van der Waals surface area contributed by atoms with Gasteiger partial charge in [-0.1, -0.05) is 6.07 Å². The van der Waals surface area contributed by atoms with E-state index in [1.807, 2.05) is 40.8 Å². The summed E-state index contributed by atoms with van der Waals surface area (Å²) in [4.78, 5) is 22.7. The number of aryl methyl sites for hydroxylation is 2. The summed E-state index contributed by atoms with van der Waals surface area (Å²) < 4.78 is 0.682. The fourth-order valence-electron chi connectivity index (χ4n) is 2.65. The van der Waals surface area contributed by atoms with E-state index in [-0.39, 0.29) is 11.6 Å². The second kappa shape index (κ2) is 6.04. The fourth-order valence-corrected chi connectivity index (χ4v) is 3.23. The summed E-state index contributed by atoms with van der Waals surface area (Å²) in [6, 6.07) is 10.2. The van der Waals surface area contributed by atoms with Crippen LogP contribution in [0.1, 0.15) is 27.9 Å². The molecular weight excluding hydrogens is 395 g/mol. The van der Waals surface area contributed by atoms with Gasteiger partial charge in [-0.3, -0.25) is 14.9 Å². The summed E-state index contributed by atoms with van der Waals surface area (Å²) in [5, 5.41) is 13.7. The average molecular weight is 408 g/mol. The highest BCUT2D eigenvalue weighted by molar-refractivity contribution is 14.1. The Labute approximate surface area is 141 Å². The van der Waals surface area contributed by atoms with Crippen LogP contribution in [0.5, 0.6) is 0 Å². The summed E-state index contributed by atoms with van der Waals surface area (Å²) in [5.41, 5.74) is 3.57. The van der Waals surface area contributed by atoms with E-state index < -0.39 is 4.92 Å². The van der Waals surface area contributed by atoms with E-state index in [9.17, 15) is 14.9 Å². The van der Waals surface area contributed by atoms with Crippen LogP contribution in [0.4, 0.5) is 11.4 Å². The highest BCUT2D eigenvalue weighted by Gasteiger charge is 2.17. The van der Waals surface area contributed by atoms with Gasteiger partial charge < -0.3 is 5.32 Å². The molecule has 0 aliphatic heterocycles. The van der Waals surface area contributed by atoms with Gasteiger partial charge in [0.1, 0.15) is 0 Å². The third-order valence-corrected chi connectivity index (χ3v) is 4.70. The molecule has 112 valence electrons. The van der Waals surface area contributed by atoms with E-state index in [1.165, 1.54) is 23.3 Å². The number of amides is 1. The Morgan fingerprint density at radius 1 is 1.14 bits per heavy atom. The van der Waals surface area contributed by atoms with Gasteiger partial charge in [-0.25, -0.2) is 0 Å². The van der Waals surface area contributed by atoms with Crippen molar-refractivity contribution in [2.75, 3.05) is 5.32 Å². The molecule has 0 saturated heterocycles. The van der Waals surface area contributed by atoms with E-state index in [0.29, 0.717) is 9.13 Å². The molecule has 0 heterocycles. The van der Waals surface area contributed by atoms with E-state index in [2.05, 4.69) is 5.32 Å². The van der Waals surface area contributed by atoms with Crippen LogP contribution in [0.25, 0.3) is 0 Å². The number of nitro benzene ring substituents is 1. The second-order valence-electron chi connectivity index (χ2n) is 5.21. The highest BCUT2D eigenvalue weighted by Crippen LogP contribution is 2.26. The van der Waals surface area contributed by atoms with Crippen molar-refractivity contribution in [3.05, 3.63) is 66.8 Å². The summed E-state index contributed by atoms with van der Waals surface area (Å²) in [6.07, 6.45) is 3.27. The molecule has 1 N–H and O–H groups in total. The van der Waals surface area contributed by atoms with E-state index in [0.717, 1.165) is 24.9 Å². The number of rotatable bonds is 3. The molecule has 2 aromatic carbocycles. The van der Waals surface area contributed by atoms with Crippen LogP contribution in [-0.2, 0) is 12.8 Å². The molecule has 3 rings (SSSR count). The van der Waals surface area contributed by atoms with Crippen LogP contribution in [0.2, 0.25) is 0 Å². The van der Waals surface area contributed by atoms with Crippen molar-refractivity contribution in [2.24, 2.45) is 0 Å². The molecule has 0 saturated carbocycles. The zero-order valence-corrected chi connectivity index (χ0v) is 13.8. The number of benzene rings is 2. The Bertz CT molecular complexity index is 774. The molecule has 0 unspecified atom stereocenters. The zero-order valence-electron chi connectivity index (χ0n) is 11.6. The molecule has 0 aromatic heterocycles. The Morgan fingerprint density at radius 2 is 1.91 bits per heavy atom. The third-order valence-electron chi connectivity index (χ3n) is 3.76. The summed E-state index contributed by atoms with van der Waals surface area (Å²) in [6.45, 7) is 0. The van der Waals surface area contributed by atoms with Gasteiger partial charge in [0, 0.05) is 21.4 Å². The fraction of sp³-hybridized carbons (Fsp3) is 0.188. The summed E-state index contributed by atoms with van der Waals surface area (Å²) >= 11 is 2.00. The number of hydrogen-bond acceptors (Lipinski definition) is 3. The number of hydrogen-bond donors (Lipinski definition) is 1. The molecule has 5 nitrogen and oxygen atoms in total. The number of nitrogens with one attached hydrogen (secondary N) is 1.